The van der Waals surface area contributed by atoms with E-state index >= 15 is 0 Å². The molecule has 6 heteroatoms. The molecule has 0 aliphatic heterocycles. The number of nitrogens with one attached hydrogen (secondary N) is 1. The Balaban J connectivity index is 4.30. The highest BCUT2D eigenvalue weighted by atomic mass is 16.6. The third-order valence-corrected chi connectivity index (χ3v) is 1.85. The van der Waals surface area contributed by atoms with Gasteiger partial charge in [0.2, 0.25) is 6.54 Å². The molecule has 0 bridgehead atoms. The lowest BCUT2D eigenvalue weighted by atomic mass is 10.1. The van der Waals surface area contributed by atoms with Gasteiger partial charge in [0, 0.05) is 4.92 Å². The minimum Gasteiger partial charge on any atom is -0.444 e. The van der Waals surface area contributed by atoms with Crippen LogP contribution in [0.4, 0.5) is 4.79 Å². The van der Waals surface area contributed by atoms with Crippen LogP contribution in [-0.4, -0.2) is 29.2 Å². The molecule has 1 amide bonds. The highest BCUT2D eigenvalue weighted by Crippen LogP contribution is 2.08. The maximum absolute atomic E-state index is 11.4. The molecule has 1 N–H and O–H groups in total. The van der Waals surface area contributed by atoms with Crippen LogP contribution in [0.25, 0.3) is 0 Å². The molecule has 0 aromatic heterocycles. The highest BCUT2D eigenvalue weighted by Gasteiger charge is 2.24. The fourth-order valence-electron chi connectivity index (χ4n) is 1.04. The maximum Gasteiger partial charge on any atom is 0.408 e. The van der Waals surface area contributed by atoms with Crippen molar-refractivity contribution in [1.82, 2.24) is 5.32 Å². The van der Waals surface area contributed by atoms with Crippen molar-refractivity contribution in [3.05, 3.63) is 10.1 Å². The van der Waals surface area contributed by atoms with Gasteiger partial charge in [-0.3, -0.25) is 10.1 Å². The molecular formula is C10H20N2O4. The van der Waals surface area contributed by atoms with Gasteiger partial charge in [-0.2, -0.15) is 0 Å². The molecule has 1 unspecified atom stereocenters. The van der Waals surface area contributed by atoms with Crippen molar-refractivity contribution in [1.29, 1.82) is 0 Å². The second-order valence-electron chi connectivity index (χ2n) is 5.01. The molecule has 16 heavy (non-hydrogen) atoms. The van der Waals surface area contributed by atoms with Gasteiger partial charge in [-0.15, -0.1) is 0 Å². The molecule has 1 atom stereocenters. The molecule has 6 nitrogen and oxygen atoms in total. The first-order valence-corrected chi connectivity index (χ1v) is 5.23. The Kier molecular flexibility index (Phi) is 5.20. The van der Waals surface area contributed by atoms with Gasteiger partial charge in [0.25, 0.3) is 0 Å². The SMILES string of the molecule is CC(C)C(C[N+](=O)[O-])NC(=O)OC(C)(C)C. The molecule has 0 saturated carbocycles. The lowest BCUT2D eigenvalue weighted by molar-refractivity contribution is -0.484. The molecule has 94 valence electrons. The van der Waals surface area contributed by atoms with Gasteiger partial charge >= 0.3 is 6.09 Å². The predicted octanol–water partition coefficient (Wildman–Crippen LogP) is 1.81. The summed E-state index contributed by atoms with van der Waals surface area (Å²) in [7, 11) is 0. The Hall–Kier alpha value is -1.33. The van der Waals surface area contributed by atoms with E-state index < -0.39 is 22.7 Å². The van der Waals surface area contributed by atoms with Crippen LogP contribution in [0.3, 0.4) is 0 Å². The van der Waals surface area contributed by atoms with Crippen LogP contribution in [0.15, 0.2) is 0 Å². The Morgan fingerprint density at radius 1 is 1.44 bits per heavy atom. The van der Waals surface area contributed by atoms with Gasteiger partial charge in [0.05, 0.1) is 6.04 Å². The average Bonchev–Trinajstić information content (AvgIpc) is 1.97. The summed E-state index contributed by atoms with van der Waals surface area (Å²) < 4.78 is 5.03. The van der Waals surface area contributed by atoms with Crippen LogP contribution >= 0.6 is 0 Å². The molecule has 0 fully saturated rings. The van der Waals surface area contributed by atoms with Crippen molar-refractivity contribution >= 4 is 6.09 Å². The van der Waals surface area contributed by atoms with E-state index in [4.69, 9.17) is 4.74 Å². The summed E-state index contributed by atoms with van der Waals surface area (Å²) in [5, 5.41) is 12.9. The van der Waals surface area contributed by atoms with E-state index in [2.05, 4.69) is 5.32 Å². The van der Waals surface area contributed by atoms with Gasteiger partial charge in [-0.25, -0.2) is 4.79 Å². The predicted molar refractivity (Wildman–Crippen MR) is 59.9 cm³/mol. The van der Waals surface area contributed by atoms with E-state index in [9.17, 15) is 14.9 Å². The summed E-state index contributed by atoms with van der Waals surface area (Å²) in [5.41, 5.74) is -0.597. The first kappa shape index (κ1) is 14.7. The molecule has 0 aromatic rings. The first-order valence-electron chi connectivity index (χ1n) is 5.23. The lowest BCUT2D eigenvalue weighted by Gasteiger charge is -2.23. The smallest absolute Gasteiger partial charge is 0.408 e. The minimum atomic E-state index is -0.618. The van der Waals surface area contributed by atoms with Gasteiger partial charge in [-0.05, 0) is 26.7 Å². The van der Waals surface area contributed by atoms with E-state index in [0.29, 0.717) is 0 Å². The molecule has 0 saturated heterocycles. The Morgan fingerprint density at radius 2 is 1.94 bits per heavy atom. The third kappa shape index (κ3) is 7.03. The summed E-state index contributed by atoms with van der Waals surface area (Å²) in [5.74, 6) is -0.0158. The number of carbonyl (C=O) groups excluding carboxylic acids is 1. The minimum absolute atomic E-state index is 0.0158. The molecular weight excluding hydrogens is 212 g/mol. The van der Waals surface area contributed by atoms with E-state index in [1.807, 2.05) is 13.8 Å². The maximum atomic E-state index is 11.4. The quantitative estimate of drug-likeness (QED) is 0.592. The van der Waals surface area contributed by atoms with Crippen molar-refractivity contribution in [2.45, 2.75) is 46.3 Å². The second-order valence-corrected chi connectivity index (χ2v) is 5.01. The molecule has 0 aromatic carbocycles. The summed E-state index contributed by atoms with van der Waals surface area (Å²) >= 11 is 0. The fraction of sp³-hybridized carbons (Fsp3) is 0.900. The Morgan fingerprint density at radius 3 is 2.25 bits per heavy atom. The Labute approximate surface area is 95.5 Å². The average molecular weight is 232 g/mol. The van der Waals surface area contributed by atoms with Crippen LogP contribution in [0.2, 0.25) is 0 Å². The zero-order chi connectivity index (χ0) is 12.9. The number of nitro groups is 1. The number of hydrogen-bond acceptors (Lipinski definition) is 4. The van der Waals surface area contributed by atoms with Crippen LogP contribution in [0.5, 0.6) is 0 Å². The van der Waals surface area contributed by atoms with Crippen LogP contribution in [0.1, 0.15) is 34.6 Å². The van der Waals surface area contributed by atoms with E-state index in [1.165, 1.54) is 0 Å². The van der Waals surface area contributed by atoms with E-state index in [1.54, 1.807) is 20.8 Å². The van der Waals surface area contributed by atoms with E-state index in [0.717, 1.165) is 0 Å². The lowest BCUT2D eigenvalue weighted by Crippen LogP contribution is -2.45. The highest BCUT2D eigenvalue weighted by molar-refractivity contribution is 5.68. The number of carbonyl (C=O) groups is 1. The van der Waals surface area contributed by atoms with Crippen LogP contribution in [0, 0.1) is 16.0 Å². The van der Waals surface area contributed by atoms with Gasteiger partial charge < -0.3 is 10.1 Å². The number of alkyl carbamates (subject to hydrolysis) is 1. The number of nitrogens with zero attached hydrogens (tertiary/aromatic N) is 1. The standard InChI is InChI=1S/C10H20N2O4/c1-7(2)8(6-12(14)15)11-9(13)16-10(3,4)5/h7-8H,6H2,1-5H3,(H,11,13). The van der Waals surface area contributed by atoms with Crippen molar-refractivity contribution in [2.24, 2.45) is 5.92 Å². The summed E-state index contributed by atoms with van der Waals surface area (Å²) in [6.07, 6.45) is -0.618. The number of hydrogen-bond donors (Lipinski definition) is 1. The largest absolute Gasteiger partial charge is 0.444 e. The molecule has 0 spiro atoms. The monoisotopic (exact) mass is 232 g/mol. The van der Waals surface area contributed by atoms with E-state index in [-0.39, 0.29) is 12.5 Å². The van der Waals surface area contributed by atoms with Crippen LogP contribution in [-0.2, 0) is 4.74 Å². The summed E-state index contributed by atoms with van der Waals surface area (Å²) in [4.78, 5) is 21.4. The van der Waals surface area contributed by atoms with Gasteiger partial charge in [0.1, 0.15) is 5.60 Å². The molecule has 0 aliphatic carbocycles. The van der Waals surface area contributed by atoms with Crippen molar-refractivity contribution < 1.29 is 14.5 Å². The zero-order valence-corrected chi connectivity index (χ0v) is 10.4. The third-order valence-electron chi connectivity index (χ3n) is 1.85. The van der Waals surface area contributed by atoms with Gasteiger partial charge in [-0.1, -0.05) is 13.8 Å². The number of ether oxygens (including phenoxy) is 1. The van der Waals surface area contributed by atoms with Gasteiger partial charge in [0.15, 0.2) is 0 Å². The second kappa shape index (κ2) is 5.67. The summed E-state index contributed by atoms with van der Waals surface area (Å²) in [6, 6.07) is -0.509. The Bertz CT molecular complexity index is 258. The molecule has 0 heterocycles. The molecule has 0 aliphatic rings. The van der Waals surface area contributed by atoms with Crippen molar-refractivity contribution in [3.8, 4) is 0 Å². The zero-order valence-electron chi connectivity index (χ0n) is 10.4. The number of amides is 1. The number of rotatable bonds is 4. The summed E-state index contributed by atoms with van der Waals surface area (Å²) in [6.45, 7) is 8.55. The normalized spacial score (nSPS) is 13.4. The molecule has 0 rings (SSSR count). The first-order chi connectivity index (χ1) is 7.11. The topological polar surface area (TPSA) is 81.5 Å². The van der Waals surface area contributed by atoms with Crippen molar-refractivity contribution in [3.63, 3.8) is 0 Å². The van der Waals surface area contributed by atoms with Crippen molar-refractivity contribution in [2.75, 3.05) is 6.54 Å². The molecule has 0 radical (unpaired) electrons. The fourth-order valence-corrected chi connectivity index (χ4v) is 1.04. The van der Waals surface area contributed by atoms with Crippen LogP contribution < -0.4 is 5.32 Å².